The zero-order valence-corrected chi connectivity index (χ0v) is 19.8. The van der Waals surface area contributed by atoms with E-state index in [0.29, 0.717) is 18.9 Å². The quantitative estimate of drug-likeness (QED) is 0.241. The number of allylic oxidation sites excluding steroid dienone is 2. The van der Waals surface area contributed by atoms with Gasteiger partial charge in [-0.3, -0.25) is 4.79 Å². The summed E-state index contributed by atoms with van der Waals surface area (Å²) in [5.74, 6) is 6.79. The topological polar surface area (TPSA) is 66.8 Å². The Morgan fingerprint density at radius 1 is 1.24 bits per heavy atom. The molecule has 2 aliphatic rings. The number of ether oxygens (including phenoxy) is 1. The second-order valence-electron chi connectivity index (χ2n) is 9.45. The van der Waals surface area contributed by atoms with Crippen molar-refractivity contribution in [3.05, 3.63) is 60.2 Å². The molecule has 2 bridgehead atoms. The van der Waals surface area contributed by atoms with Crippen molar-refractivity contribution >= 4 is 5.97 Å². The average Bonchev–Trinajstić information content (AvgIpc) is 3.36. The van der Waals surface area contributed by atoms with Gasteiger partial charge in [0, 0.05) is 17.9 Å². The van der Waals surface area contributed by atoms with Crippen molar-refractivity contribution in [3.63, 3.8) is 0 Å². The van der Waals surface area contributed by atoms with Crippen LogP contribution >= 0.6 is 0 Å². The number of unbranched alkanes of at least 4 members (excludes halogenated alkanes) is 3. The maximum Gasteiger partial charge on any atom is 0.303 e. The molecule has 2 fully saturated rings. The first-order valence-electron chi connectivity index (χ1n) is 12.5. The van der Waals surface area contributed by atoms with Crippen molar-refractivity contribution in [2.75, 3.05) is 6.61 Å². The minimum Gasteiger partial charge on any atom is -0.481 e. The van der Waals surface area contributed by atoms with Gasteiger partial charge in [-0.1, -0.05) is 80.5 Å². The number of aliphatic hydroxyl groups is 1. The first-order valence-corrected chi connectivity index (χ1v) is 12.5. The number of hydrogen-bond acceptors (Lipinski definition) is 3. The van der Waals surface area contributed by atoms with Crippen LogP contribution in [0.1, 0.15) is 70.3 Å². The third-order valence-electron chi connectivity index (χ3n) is 6.93. The predicted octanol–water partition coefficient (Wildman–Crippen LogP) is 5.76. The van der Waals surface area contributed by atoms with Gasteiger partial charge in [-0.05, 0) is 50.2 Å². The molecular formula is C29H38O4. The number of hydrogen-bond donors (Lipinski definition) is 2. The number of aliphatic hydroxyl groups excluding tert-OH is 1. The molecule has 3 rings (SSSR count). The molecule has 0 radical (unpaired) electrons. The molecular weight excluding hydrogens is 412 g/mol. The Bertz CT molecular complexity index is 863. The molecule has 5 atom stereocenters. The molecule has 0 amide bonds. The van der Waals surface area contributed by atoms with Gasteiger partial charge in [-0.15, -0.1) is 0 Å². The summed E-state index contributed by atoms with van der Waals surface area (Å²) in [6.45, 7) is 2.82. The lowest BCUT2D eigenvalue weighted by molar-refractivity contribution is -0.137. The number of carboxylic acid groups (broad SMARTS) is 1. The van der Waals surface area contributed by atoms with E-state index in [1.54, 1.807) is 0 Å². The van der Waals surface area contributed by atoms with Crippen LogP contribution in [0.2, 0.25) is 0 Å². The van der Waals surface area contributed by atoms with Crippen LogP contribution in [-0.2, 0) is 9.53 Å². The van der Waals surface area contributed by atoms with E-state index in [4.69, 9.17) is 9.84 Å². The summed E-state index contributed by atoms with van der Waals surface area (Å²) >= 11 is 0. The van der Waals surface area contributed by atoms with E-state index in [9.17, 15) is 9.90 Å². The van der Waals surface area contributed by atoms with Crippen LogP contribution in [0.3, 0.4) is 0 Å². The fourth-order valence-electron chi connectivity index (χ4n) is 5.09. The van der Waals surface area contributed by atoms with Crippen LogP contribution in [0.4, 0.5) is 0 Å². The summed E-state index contributed by atoms with van der Waals surface area (Å²) in [5, 5.41) is 19.2. The highest BCUT2D eigenvalue weighted by molar-refractivity contribution is 5.66. The Balaban J connectivity index is 1.72. The molecule has 1 aliphatic heterocycles. The number of aliphatic carboxylic acids is 1. The lowest BCUT2D eigenvalue weighted by Gasteiger charge is -2.34. The summed E-state index contributed by atoms with van der Waals surface area (Å²) in [6, 6.07) is 10.1. The standard InChI is InChI=1S/C29H38O4/c1-2-3-7-14-24(30)17-18-25-26(15-10-4-5-11-16-28(31)32)29(21-27(25)33-22-29)20-19-23-12-8-6-9-13-23/h4,6,8-10,12-13,17-18,24-27,30H,2-3,5,7,11,14-16,21-22H2,1H3,(H,31,32)/b10-4-,18-17+/t24-,25+,26+,27+,29+/m1/s1. The van der Waals surface area contributed by atoms with Gasteiger partial charge >= 0.3 is 5.97 Å². The molecule has 1 saturated heterocycles. The predicted molar refractivity (Wildman–Crippen MR) is 132 cm³/mol. The Morgan fingerprint density at radius 2 is 2.06 bits per heavy atom. The third kappa shape index (κ3) is 7.32. The van der Waals surface area contributed by atoms with E-state index in [1.165, 1.54) is 0 Å². The number of carbonyl (C=O) groups is 1. The summed E-state index contributed by atoms with van der Waals surface area (Å²) < 4.78 is 6.16. The number of fused-ring (bicyclic) bond motifs is 2. The number of rotatable bonds is 12. The highest BCUT2D eigenvalue weighted by Gasteiger charge is 2.57. The third-order valence-corrected chi connectivity index (χ3v) is 6.93. The fraction of sp³-hybridized carbons (Fsp3) is 0.552. The average molecular weight is 451 g/mol. The molecule has 1 aliphatic carbocycles. The molecule has 0 aromatic heterocycles. The minimum atomic E-state index is -0.744. The first-order chi connectivity index (χ1) is 16.0. The molecule has 1 aromatic rings. The molecule has 0 unspecified atom stereocenters. The molecule has 0 spiro atoms. The molecule has 1 saturated carbocycles. The Kier molecular flexibility index (Phi) is 9.78. The zero-order valence-electron chi connectivity index (χ0n) is 19.8. The van der Waals surface area contributed by atoms with Gasteiger partial charge in [-0.2, -0.15) is 0 Å². The summed E-state index contributed by atoms with van der Waals surface area (Å²) in [7, 11) is 0. The van der Waals surface area contributed by atoms with E-state index in [0.717, 1.165) is 50.5 Å². The van der Waals surface area contributed by atoms with Crippen LogP contribution in [-0.4, -0.2) is 35.0 Å². The fourth-order valence-corrected chi connectivity index (χ4v) is 5.09. The van der Waals surface area contributed by atoms with E-state index in [1.807, 2.05) is 36.4 Å². The number of carboxylic acids is 1. The summed E-state index contributed by atoms with van der Waals surface area (Å²) in [6.07, 6.45) is 15.8. The van der Waals surface area contributed by atoms with Gasteiger partial charge in [0.25, 0.3) is 0 Å². The van der Waals surface area contributed by atoms with Crippen molar-refractivity contribution in [1.82, 2.24) is 0 Å². The second kappa shape index (κ2) is 12.8. The summed E-state index contributed by atoms with van der Waals surface area (Å²) in [5.41, 5.74) is 0.831. The normalized spacial score (nSPS) is 27.2. The smallest absolute Gasteiger partial charge is 0.303 e. The first kappa shape index (κ1) is 25.3. The Hall–Kier alpha value is -2.35. The van der Waals surface area contributed by atoms with E-state index >= 15 is 0 Å². The minimum absolute atomic E-state index is 0.138. The van der Waals surface area contributed by atoms with Crippen LogP contribution in [0.15, 0.2) is 54.6 Å². The maximum absolute atomic E-state index is 10.7. The van der Waals surface area contributed by atoms with Gasteiger partial charge < -0.3 is 14.9 Å². The van der Waals surface area contributed by atoms with Gasteiger partial charge in [0.1, 0.15) is 0 Å². The van der Waals surface area contributed by atoms with Crippen molar-refractivity contribution < 1.29 is 19.7 Å². The zero-order chi connectivity index (χ0) is 23.5. The monoisotopic (exact) mass is 450 g/mol. The van der Waals surface area contributed by atoms with Crippen molar-refractivity contribution in [2.45, 2.75) is 76.9 Å². The molecule has 2 N–H and O–H groups in total. The van der Waals surface area contributed by atoms with E-state index in [-0.39, 0.29) is 23.9 Å². The number of benzene rings is 1. The molecule has 4 nitrogen and oxygen atoms in total. The SMILES string of the molecule is CCCCC[C@@H](O)/C=C/[C@@H]1[C@@H]2C[C@@](C#Cc3ccccc3)(CO2)[C@H]1C/C=C\CCCC(=O)O. The maximum atomic E-state index is 10.7. The molecule has 1 heterocycles. The van der Waals surface area contributed by atoms with Gasteiger partial charge in [-0.25, -0.2) is 0 Å². The molecule has 178 valence electrons. The van der Waals surface area contributed by atoms with Crippen molar-refractivity contribution in [3.8, 4) is 11.8 Å². The second-order valence-corrected chi connectivity index (χ2v) is 9.45. The van der Waals surface area contributed by atoms with Gasteiger partial charge in [0.2, 0.25) is 0 Å². The lowest BCUT2D eigenvalue weighted by Crippen LogP contribution is -2.35. The largest absolute Gasteiger partial charge is 0.481 e. The molecule has 33 heavy (non-hydrogen) atoms. The van der Waals surface area contributed by atoms with Crippen LogP contribution in [0.5, 0.6) is 0 Å². The molecule has 4 heteroatoms. The van der Waals surface area contributed by atoms with Crippen LogP contribution in [0.25, 0.3) is 0 Å². The summed E-state index contributed by atoms with van der Waals surface area (Å²) in [4.78, 5) is 10.7. The highest BCUT2D eigenvalue weighted by Crippen LogP contribution is 2.55. The molecule has 1 aromatic carbocycles. The van der Waals surface area contributed by atoms with E-state index in [2.05, 4.69) is 37.0 Å². The van der Waals surface area contributed by atoms with Crippen LogP contribution < -0.4 is 0 Å². The van der Waals surface area contributed by atoms with Crippen molar-refractivity contribution in [2.24, 2.45) is 17.3 Å². The van der Waals surface area contributed by atoms with Gasteiger partial charge in [0.05, 0.1) is 24.2 Å². The Labute approximate surface area is 198 Å². The van der Waals surface area contributed by atoms with E-state index < -0.39 is 12.1 Å². The van der Waals surface area contributed by atoms with Gasteiger partial charge in [0.15, 0.2) is 0 Å². The lowest BCUT2D eigenvalue weighted by atomic mass is 9.73. The van der Waals surface area contributed by atoms with Crippen LogP contribution in [0, 0.1) is 29.1 Å². The van der Waals surface area contributed by atoms with Crippen molar-refractivity contribution in [1.29, 1.82) is 0 Å². The highest BCUT2D eigenvalue weighted by atomic mass is 16.5. The Morgan fingerprint density at radius 3 is 2.82 bits per heavy atom.